The average Bonchev–Trinajstić information content (AvgIpc) is 3.07. The van der Waals surface area contributed by atoms with Crippen LogP contribution in [0.4, 0.5) is 19.1 Å². The molecule has 0 spiro atoms. The molecule has 1 N–H and O–H groups in total. The zero-order valence-corrected chi connectivity index (χ0v) is 16.3. The van der Waals surface area contributed by atoms with E-state index < -0.39 is 17.7 Å². The number of hydrogen-bond acceptors (Lipinski definition) is 5. The number of rotatable bonds is 6. The highest BCUT2D eigenvalue weighted by Crippen LogP contribution is 2.40. The van der Waals surface area contributed by atoms with Crippen LogP contribution in [-0.4, -0.2) is 45.0 Å². The molecule has 1 aromatic heterocycles. The topological polar surface area (TPSA) is 70.5 Å². The number of carbonyl (C=O) groups is 1. The summed E-state index contributed by atoms with van der Waals surface area (Å²) in [6, 6.07) is 19.0. The summed E-state index contributed by atoms with van der Waals surface area (Å²) in [6.07, 6.45) is -2.08. The molecule has 9 heteroatoms. The summed E-state index contributed by atoms with van der Waals surface area (Å²) in [5, 5.41) is 2.15. The fraction of sp³-hybridized carbons (Fsp3) is 0.182. The molecule has 1 unspecified atom stereocenters. The van der Waals surface area contributed by atoms with Crippen LogP contribution in [0.25, 0.3) is 0 Å². The van der Waals surface area contributed by atoms with E-state index in [0.29, 0.717) is 12.0 Å². The molecule has 1 amide bonds. The molecule has 6 nitrogen and oxygen atoms in total. The maximum atomic E-state index is 14.3. The number of amidine groups is 1. The van der Waals surface area contributed by atoms with E-state index in [2.05, 4.69) is 20.3 Å². The highest BCUT2D eigenvalue weighted by atomic mass is 19.4. The first-order valence-corrected chi connectivity index (χ1v) is 9.54. The monoisotopic (exact) mass is 425 g/mol. The highest BCUT2D eigenvalue weighted by Gasteiger charge is 2.66. The molecule has 2 aromatic carbocycles. The summed E-state index contributed by atoms with van der Waals surface area (Å²) in [5.74, 6) is -1.61. The van der Waals surface area contributed by atoms with Crippen molar-refractivity contribution in [2.45, 2.75) is 18.3 Å². The predicted molar refractivity (Wildman–Crippen MR) is 109 cm³/mol. The molecule has 0 saturated heterocycles. The Morgan fingerprint density at radius 3 is 2.13 bits per heavy atom. The Balaban J connectivity index is 1.76. The Labute approximate surface area is 176 Å². The Morgan fingerprint density at radius 2 is 1.52 bits per heavy atom. The number of amides is 1. The third-order valence-electron chi connectivity index (χ3n) is 4.85. The first-order valence-electron chi connectivity index (χ1n) is 9.54. The molecule has 3 aromatic rings. The van der Waals surface area contributed by atoms with Crippen molar-refractivity contribution in [3.63, 3.8) is 0 Å². The number of carbonyl (C=O) groups excluding carboxylic acids is 1. The Bertz CT molecular complexity index is 1070. The minimum atomic E-state index is -5.02. The van der Waals surface area contributed by atoms with E-state index in [0.717, 1.165) is 10.5 Å². The minimum Gasteiger partial charge on any atom is -0.314 e. The number of anilines is 1. The van der Waals surface area contributed by atoms with E-state index in [9.17, 15) is 18.0 Å². The van der Waals surface area contributed by atoms with Crippen LogP contribution in [0, 0.1) is 0 Å². The van der Waals surface area contributed by atoms with Crippen molar-refractivity contribution in [2.75, 3.05) is 11.9 Å². The van der Waals surface area contributed by atoms with Gasteiger partial charge in [-0.15, -0.1) is 0 Å². The van der Waals surface area contributed by atoms with Crippen molar-refractivity contribution < 1.29 is 18.0 Å². The van der Waals surface area contributed by atoms with Crippen LogP contribution < -0.4 is 5.32 Å². The van der Waals surface area contributed by atoms with Gasteiger partial charge in [0, 0.05) is 24.5 Å². The molecule has 0 saturated carbocycles. The summed E-state index contributed by atoms with van der Waals surface area (Å²) in [4.78, 5) is 25.8. The number of benzene rings is 2. The number of alkyl halides is 3. The molecular formula is C22H18F3N5O. The van der Waals surface area contributed by atoms with Crippen molar-refractivity contribution in [1.82, 2.24) is 14.9 Å². The molecule has 0 bridgehead atoms. The maximum absolute atomic E-state index is 14.3. The minimum absolute atomic E-state index is 0.0335. The lowest BCUT2D eigenvalue weighted by atomic mass is 10.1. The second kappa shape index (κ2) is 8.17. The average molecular weight is 425 g/mol. The van der Waals surface area contributed by atoms with Crippen molar-refractivity contribution >= 4 is 17.7 Å². The molecule has 1 aliphatic heterocycles. The van der Waals surface area contributed by atoms with E-state index in [1.54, 1.807) is 30.3 Å². The largest absolute Gasteiger partial charge is 0.442 e. The zero-order chi connectivity index (χ0) is 21.9. The molecular weight excluding hydrogens is 407 g/mol. The van der Waals surface area contributed by atoms with Gasteiger partial charge in [-0.2, -0.15) is 13.2 Å². The fourth-order valence-electron chi connectivity index (χ4n) is 3.32. The van der Waals surface area contributed by atoms with Gasteiger partial charge >= 0.3 is 11.8 Å². The van der Waals surface area contributed by atoms with Crippen LogP contribution in [0.3, 0.4) is 0 Å². The molecule has 0 aliphatic carbocycles. The summed E-state index contributed by atoms with van der Waals surface area (Å²) >= 11 is 0. The quantitative estimate of drug-likeness (QED) is 0.654. The van der Waals surface area contributed by atoms with Crippen LogP contribution in [-0.2, 0) is 11.2 Å². The van der Waals surface area contributed by atoms with E-state index in [4.69, 9.17) is 0 Å². The van der Waals surface area contributed by atoms with Gasteiger partial charge in [0.25, 0.3) is 5.91 Å². The van der Waals surface area contributed by atoms with Gasteiger partial charge in [-0.25, -0.2) is 15.0 Å². The number of aliphatic imine (C=N–C) groups is 1. The number of halogens is 3. The second-order valence-corrected chi connectivity index (χ2v) is 6.90. The van der Waals surface area contributed by atoms with Crippen molar-refractivity contribution in [3.05, 3.63) is 90.3 Å². The van der Waals surface area contributed by atoms with Gasteiger partial charge in [0.05, 0.1) is 0 Å². The summed E-state index contributed by atoms with van der Waals surface area (Å²) in [6.45, 7) is 0.0335. The Morgan fingerprint density at radius 1 is 0.903 bits per heavy atom. The van der Waals surface area contributed by atoms with Crippen LogP contribution in [0.5, 0.6) is 0 Å². The van der Waals surface area contributed by atoms with Crippen LogP contribution in [0.1, 0.15) is 11.1 Å². The smallest absolute Gasteiger partial charge is 0.314 e. The van der Waals surface area contributed by atoms with Crippen molar-refractivity contribution in [2.24, 2.45) is 4.99 Å². The Hall–Kier alpha value is -3.75. The molecule has 31 heavy (non-hydrogen) atoms. The van der Waals surface area contributed by atoms with Gasteiger partial charge in [0.1, 0.15) is 5.84 Å². The van der Waals surface area contributed by atoms with Crippen LogP contribution in [0.15, 0.2) is 84.1 Å². The lowest BCUT2D eigenvalue weighted by Gasteiger charge is -2.29. The summed E-state index contributed by atoms with van der Waals surface area (Å²) < 4.78 is 42.9. The van der Waals surface area contributed by atoms with Crippen LogP contribution >= 0.6 is 0 Å². The Kier molecular flexibility index (Phi) is 5.41. The fourth-order valence-corrected chi connectivity index (χ4v) is 3.32. The second-order valence-electron chi connectivity index (χ2n) is 6.90. The van der Waals surface area contributed by atoms with E-state index in [1.165, 1.54) is 18.5 Å². The standard InChI is InChI=1S/C22H18F3N5O/c23-22(24,25)21(29-20-26-13-7-14-27-20)19(31)30(15-12-16-8-3-1-4-9-16)18(28-21)17-10-5-2-6-11-17/h1-11,13-14H,12,15H2,(H,26,27,29). The first-order chi connectivity index (χ1) is 14.9. The molecule has 4 rings (SSSR count). The van der Waals surface area contributed by atoms with E-state index in [-0.39, 0.29) is 18.3 Å². The van der Waals surface area contributed by atoms with E-state index >= 15 is 0 Å². The summed E-state index contributed by atoms with van der Waals surface area (Å²) in [5.41, 5.74) is -1.91. The normalized spacial score (nSPS) is 18.7. The third kappa shape index (κ3) is 3.98. The van der Waals surface area contributed by atoms with Gasteiger partial charge in [0.15, 0.2) is 0 Å². The summed E-state index contributed by atoms with van der Waals surface area (Å²) in [7, 11) is 0. The van der Waals surface area contributed by atoms with Crippen LogP contribution in [0.2, 0.25) is 0 Å². The molecule has 158 valence electrons. The molecule has 0 radical (unpaired) electrons. The predicted octanol–water partition coefficient (Wildman–Crippen LogP) is 3.68. The van der Waals surface area contributed by atoms with Gasteiger partial charge in [-0.1, -0.05) is 60.7 Å². The molecule has 2 heterocycles. The van der Waals surface area contributed by atoms with Gasteiger partial charge in [-0.05, 0) is 18.1 Å². The number of nitrogens with one attached hydrogen (secondary N) is 1. The number of hydrogen-bond donors (Lipinski definition) is 1. The van der Waals surface area contributed by atoms with Crippen molar-refractivity contribution in [3.8, 4) is 0 Å². The zero-order valence-electron chi connectivity index (χ0n) is 16.3. The third-order valence-corrected chi connectivity index (χ3v) is 4.85. The number of aromatic nitrogens is 2. The molecule has 1 atom stereocenters. The highest BCUT2D eigenvalue weighted by molar-refractivity contribution is 6.16. The lowest BCUT2D eigenvalue weighted by molar-refractivity contribution is -0.185. The SMILES string of the molecule is O=C1N(CCc2ccccc2)C(c2ccccc2)=NC1(Nc1ncccn1)C(F)(F)F. The first kappa shape index (κ1) is 20.5. The molecule has 0 fully saturated rings. The van der Waals surface area contributed by atoms with Gasteiger partial charge < -0.3 is 5.32 Å². The van der Waals surface area contributed by atoms with E-state index in [1.807, 2.05) is 30.3 Å². The number of nitrogens with zero attached hydrogens (tertiary/aromatic N) is 4. The maximum Gasteiger partial charge on any atom is 0.442 e. The van der Waals surface area contributed by atoms with Gasteiger partial charge in [-0.3, -0.25) is 9.69 Å². The van der Waals surface area contributed by atoms with Crippen molar-refractivity contribution in [1.29, 1.82) is 0 Å². The molecule has 1 aliphatic rings. The van der Waals surface area contributed by atoms with Gasteiger partial charge in [0.2, 0.25) is 5.95 Å². The lowest BCUT2D eigenvalue weighted by Crippen LogP contribution is -2.58.